The van der Waals surface area contributed by atoms with Crippen molar-refractivity contribution in [3.8, 4) is 27.7 Å². The van der Waals surface area contributed by atoms with Crippen molar-refractivity contribution in [3.05, 3.63) is 129 Å². The van der Waals surface area contributed by atoms with E-state index in [9.17, 15) is 33.9 Å². The molecule has 2 aliphatic heterocycles. The topological polar surface area (TPSA) is 231 Å². The van der Waals surface area contributed by atoms with Gasteiger partial charge in [-0.05, 0) is 129 Å². The standard InChI is InChI=1S/C70H93N5O14S/c1-12-54(52-36-47(5)64(84-11)61(38-52)83-10)67(80)74-29-16-15-18-56(74)69(82)89-60(27-22-49-21-20-44(2)45(3)35-49)55-17-13-14-19-59(55)88-42-62(78)71-28-30-85-31-32-86-33-34-87-41-63(79)73-66(70(7,8)9)68(81)75-40-53(76)39-57(75)58(77)37-46(4)50-23-25-51(26-24-50)65-48(6)72-43-90-65/h13-14,17,19-21,23-26,35-36,38,43,46,53-54,56-57,60,66,76H,12,15-16,18,22,27-34,37,39-42H2,1-11H3,(H,71,78)(H,73,79)/t46-,53-,54+,56+,57+,60-,66-/m1/s1. The van der Waals surface area contributed by atoms with Gasteiger partial charge < -0.3 is 58.7 Å². The normalized spacial score (nSPS) is 17.2. The average molecular weight is 1260 g/mol. The van der Waals surface area contributed by atoms with Gasteiger partial charge in [-0.3, -0.25) is 24.0 Å². The number of likely N-dealkylation sites (tertiary alicyclic amines) is 2. The monoisotopic (exact) mass is 1260 g/mol. The Morgan fingerprint density at radius 3 is 2.16 bits per heavy atom. The van der Waals surface area contributed by atoms with Crippen LogP contribution in [0.2, 0.25) is 0 Å². The molecule has 0 spiro atoms. The highest BCUT2D eigenvalue weighted by molar-refractivity contribution is 7.13. The van der Waals surface area contributed by atoms with Crippen LogP contribution in [0.4, 0.5) is 0 Å². The van der Waals surface area contributed by atoms with Gasteiger partial charge in [-0.25, -0.2) is 9.78 Å². The number of amides is 4. The average Bonchev–Trinajstić information content (AvgIpc) is 1.54. The lowest BCUT2D eigenvalue weighted by Crippen LogP contribution is -2.57. The number of nitrogens with zero attached hydrogens (tertiary/aromatic N) is 3. The highest BCUT2D eigenvalue weighted by atomic mass is 32.1. The van der Waals surface area contributed by atoms with Crippen LogP contribution in [0.3, 0.4) is 0 Å². The van der Waals surface area contributed by atoms with Crippen LogP contribution in [0.1, 0.15) is 142 Å². The van der Waals surface area contributed by atoms with Gasteiger partial charge in [0.1, 0.15) is 30.5 Å². The van der Waals surface area contributed by atoms with Crippen LogP contribution in [-0.2, 0) is 54.1 Å². The van der Waals surface area contributed by atoms with Gasteiger partial charge in [-0.15, -0.1) is 11.3 Å². The summed E-state index contributed by atoms with van der Waals surface area (Å²) in [6.07, 6.45) is 2.17. The van der Waals surface area contributed by atoms with E-state index in [1.165, 1.54) is 10.5 Å². The molecule has 2 aliphatic rings. The second kappa shape index (κ2) is 33.7. The van der Waals surface area contributed by atoms with Gasteiger partial charge in [0, 0.05) is 38.0 Å². The number of aliphatic hydroxyl groups is 1. The number of hydrogen-bond acceptors (Lipinski definition) is 16. The first-order valence-corrected chi connectivity index (χ1v) is 32.3. The number of benzene rings is 4. The van der Waals surface area contributed by atoms with Gasteiger partial charge in [-0.2, -0.15) is 0 Å². The number of hydrogen-bond donors (Lipinski definition) is 3. The van der Waals surface area contributed by atoms with Gasteiger partial charge in [-0.1, -0.05) is 101 Å². The summed E-state index contributed by atoms with van der Waals surface area (Å²) in [7, 11) is 3.15. The number of aromatic nitrogens is 1. The summed E-state index contributed by atoms with van der Waals surface area (Å²) < 4.78 is 40.7. The van der Waals surface area contributed by atoms with Crippen LogP contribution in [0.5, 0.6) is 17.2 Å². The summed E-state index contributed by atoms with van der Waals surface area (Å²) in [6.45, 7) is 18.3. The van der Waals surface area contributed by atoms with E-state index >= 15 is 0 Å². The van der Waals surface area contributed by atoms with E-state index in [1.807, 2.05) is 103 Å². The molecule has 4 amide bonds. The van der Waals surface area contributed by atoms with Crippen LogP contribution >= 0.6 is 11.3 Å². The van der Waals surface area contributed by atoms with E-state index < -0.39 is 59.5 Å². The lowest BCUT2D eigenvalue weighted by atomic mass is 9.85. The molecule has 20 heteroatoms. The van der Waals surface area contributed by atoms with Gasteiger partial charge in [0.25, 0.3) is 5.91 Å². The molecule has 3 heterocycles. The minimum Gasteiger partial charge on any atom is -0.493 e. The number of para-hydroxylation sites is 1. The van der Waals surface area contributed by atoms with Crippen molar-refractivity contribution in [1.29, 1.82) is 0 Å². The van der Waals surface area contributed by atoms with Gasteiger partial charge in [0.2, 0.25) is 17.7 Å². The number of ketones is 1. The number of carbonyl (C=O) groups is 6. The molecule has 90 heavy (non-hydrogen) atoms. The van der Waals surface area contributed by atoms with Gasteiger partial charge in [0.15, 0.2) is 23.9 Å². The molecule has 7 rings (SSSR count). The molecule has 0 unspecified atom stereocenters. The fourth-order valence-electron chi connectivity index (χ4n) is 11.7. The molecule has 0 saturated carbocycles. The second-order valence-corrected chi connectivity index (χ2v) is 25.5. The number of ether oxygens (including phenoxy) is 7. The Morgan fingerprint density at radius 2 is 1.48 bits per heavy atom. The fourth-order valence-corrected chi connectivity index (χ4v) is 12.6. The summed E-state index contributed by atoms with van der Waals surface area (Å²) in [6, 6.07) is 22.8. The van der Waals surface area contributed by atoms with Crippen molar-refractivity contribution >= 4 is 46.7 Å². The Bertz CT molecular complexity index is 3220. The minimum absolute atomic E-state index is 0.0100. The Kier molecular flexibility index (Phi) is 26.3. The third-order valence-corrected chi connectivity index (χ3v) is 17.9. The number of piperidine rings is 1. The number of β-amino-alcohol motifs (C(OH)–C–C–N with tert-alkyl or cyclic N) is 1. The molecule has 0 aliphatic carbocycles. The minimum atomic E-state index is -0.986. The van der Waals surface area contributed by atoms with Crippen molar-refractivity contribution in [2.24, 2.45) is 5.41 Å². The van der Waals surface area contributed by atoms with E-state index in [0.717, 1.165) is 56.8 Å². The summed E-state index contributed by atoms with van der Waals surface area (Å²) in [5.74, 6) is -1.22. The molecule has 0 radical (unpaired) electrons. The van der Waals surface area contributed by atoms with Crippen molar-refractivity contribution in [3.63, 3.8) is 0 Å². The van der Waals surface area contributed by atoms with E-state index in [0.29, 0.717) is 55.0 Å². The highest BCUT2D eigenvalue weighted by Crippen LogP contribution is 2.39. The Morgan fingerprint density at radius 1 is 0.756 bits per heavy atom. The SMILES string of the molecule is CC[C@H](C(=O)N1CCCC[C@H]1C(=O)O[C@H](CCc1ccc(C)c(C)c1)c1ccccc1OCC(=O)NCCOCCOCCOCC(=O)N[C@H](C(=O)N1C[C@H](O)C[C@H]1C(=O)C[C@@H](C)c1ccc(-c2scnc2C)cc1)C(C)(C)C)c1cc(C)c(OC)c(OC)c1. The first kappa shape index (κ1) is 70.2. The summed E-state index contributed by atoms with van der Waals surface area (Å²) in [4.78, 5) is 91.9. The number of methoxy groups -OCH3 is 2. The largest absolute Gasteiger partial charge is 0.493 e. The number of nitrogens with one attached hydrogen (secondary N) is 2. The van der Waals surface area contributed by atoms with E-state index in [2.05, 4.69) is 47.7 Å². The van der Waals surface area contributed by atoms with Crippen molar-refractivity contribution in [2.75, 3.05) is 80.1 Å². The number of aliphatic hydroxyl groups excluding tert-OH is 1. The highest BCUT2D eigenvalue weighted by Gasteiger charge is 2.45. The third kappa shape index (κ3) is 19.2. The van der Waals surface area contributed by atoms with Gasteiger partial charge >= 0.3 is 5.97 Å². The van der Waals surface area contributed by atoms with Crippen molar-refractivity contribution in [2.45, 2.75) is 156 Å². The van der Waals surface area contributed by atoms with Crippen molar-refractivity contribution < 1.29 is 67.0 Å². The molecule has 1 aromatic heterocycles. The smallest absolute Gasteiger partial charge is 0.329 e. The fraction of sp³-hybridized carbons (Fsp3) is 0.529. The predicted octanol–water partition coefficient (Wildman–Crippen LogP) is 9.65. The molecule has 0 bridgehead atoms. The quantitative estimate of drug-likeness (QED) is 0.0269. The Labute approximate surface area is 534 Å². The van der Waals surface area contributed by atoms with Gasteiger partial charge in [0.05, 0.1) is 81.4 Å². The maximum absolute atomic E-state index is 14.5. The number of carbonyl (C=O) groups excluding carboxylic acids is 6. The number of thiazole rings is 1. The maximum atomic E-state index is 14.5. The molecule has 488 valence electrons. The zero-order chi connectivity index (χ0) is 65.1. The molecule has 3 N–H and O–H groups in total. The molecule has 2 saturated heterocycles. The lowest BCUT2D eigenvalue weighted by Gasteiger charge is -2.37. The summed E-state index contributed by atoms with van der Waals surface area (Å²) in [5, 5.41) is 16.3. The maximum Gasteiger partial charge on any atom is 0.329 e. The lowest BCUT2D eigenvalue weighted by molar-refractivity contribution is -0.162. The first-order valence-electron chi connectivity index (χ1n) is 31.4. The third-order valence-electron chi connectivity index (χ3n) is 16.9. The zero-order valence-corrected chi connectivity index (χ0v) is 55.2. The Balaban J connectivity index is 0.830. The molecular formula is C70H93N5O14S. The Hall–Kier alpha value is -7.23. The molecule has 19 nitrogen and oxygen atoms in total. The van der Waals surface area contributed by atoms with E-state index in [-0.39, 0.29) is 95.7 Å². The first-order chi connectivity index (χ1) is 43.1. The second-order valence-electron chi connectivity index (χ2n) is 24.6. The number of Topliss-reactive ketones (excluding diaryl/α,β-unsaturated/α-hetero) is 1. The van der Waals surface area contributed by atoms with E-state index in [1.54, 1.807) is 42.6 Å². The van der Waals surface area contributed by atoms with Crippen molar-refractivity contribution in [1.82, 2.24) is 25.4 Å². The number of esters is 1. The number of rotatable bonds is 32. The van der Waals surface area contributed by atoms with Crippen LogP contribution in [0, 0.1) is 33.1 Å². The molecule has 2 fully saturated rings. The zero-order valence-electron chi connectivity index (χ0n) is 54.4. The van der Waals surface area contributed by atoms with E-state index in [4.69, 9.17) is 33.2 Å². The summed E-state index contributed by atoms with van der Waals surface area (Å²) >= 11 is 1.58. The van der Waals surface area contributed by atoms with Crippen LogP contribution in [0.25, 0.3) is 10.4 Å². The molecule has 4 aromatic carbocycles. The molecule has 7 atom stereocenters. The summed E-state index contributed by atoms with van der Waals surface area (Å²) in [5.41, 5.74) is 9.75. The number of aryl methyl sites for hydroxylation is 5. The molecule has 5 aromatic rings. The molecular weight excluding hydrogens is 1170 g/mol. The van der Waals surface area contributed by atoms with Crippen LogP contribution < -0.4 is 24.8 Å². The van der Waals surface area contributed by atoms with Crippen LogP contribution in [0.15, 0.2) is 84.4 Å². The van der Waals surface area contributed by atoms with Crippen LogP contribution in [-0.4, -0.2) is 160 Å². The predicted molar refractivity (Wildman–Crippen MR) is 345 cm³/mol.